The van der Waals surface area contributed by atoms with Crippen molar-refractivity contribution in [3.63, 3.8) is 0 Å². The highest BCUT2D eigenvalue weighted by atomic mass is 32.2. The summed E-state index contributed by atoms with van der Waals surface area (Å²) in [7, 11) is -3.01. The van der Waals surface area contributed by atoms with Crippen molar-refractivity contribution in [1.82, 2.24) is 4.72 Å². The molecule has 0 heterocycles. The summed E-state index contributed by atoms with van der Waals surface area (Å²) in [5.41, 5.74) is 5.94. The summed E-state index contributed by atoms with van der Waals surface area (Å²) in [6, 6.07) is 6.46. The molecule has 0 bridgehead atoms. The van der Waals surface area contributed by atoms with Gasteiger partial charge in [0, 0.05) is 5.56 Å². The van der Waals surface area contributed by atoms with E-state index in [2.05, 4.69) is 21.3 Å². The molecule has 0 atom stereocenters. The molecule has 0 aliphatic rings. The van der Waals surface area contributed by atoms with Crippen LogP contribution in [0.25, 0.3) is 0 Å². The normalized spacial score (nSPS) is 10.0. The number of para-hydroxylation sites is 1. The van der Waals surface area contributed by atoms with Crippen LogP contribution in [0.15, 0.2) is 24.3 Å². The molecule has 19 heavy (non-hydrogen) atoms. The van der Waals surface area contributed by atoms with Crippen LogP contribution in [0.4, 0.5) is 10.5 Å². The molecule has 0 aliphatic heterocycles. The van der Waals surface area contributed by atoms with Gasteiger partial charge >= 0.3 is 16.3 Å². The summed E-state index contributed by atoms with van der Waals surface area (Å²) in [5, 5.41) is 0. The Morgan fingerprint density at radius 3 is 2.74 bits per heavy atom. The standard InChI is InChI=1S/C11H13N3O4S/c1-18-11(15)14-19(16,17)13-10-7-3-2-5-9(10)6-4-8-12/h2-3,5,7,13H,8,12H2,1H3,(H,14,15). The summed E-state index contributed by atoms with van der Waals surface area (Å²) in [6.45, 7) is 0.154. The van der Waals surface area contributed by atoms with Gasteiger partial charge in [-0.05, 0) is 12.1 Å². The number of hydrogen-bond donors (Lipinski definition) is 3. The van der Waals surface area contributed by atoms with Gasteiger partial charge < -0.3 is 10.5 Å². The monoisotopic (exact) mass is 283 g/mol. The van der Waals surface area contributed by atoms with E-state index in [0.717, 1.165) is 7.11 Å². The summed E-state index contributed by atoms with van der Waals surface area (Å²) >= 11 is 0. The Morgan fingerprint density at radius 1 is 1.42 bits per heavy atom. The Labute approximate surface area is 111 Å². The number of nitrogens with one attached hydrogen (secondary N) is 2. The van der Waals surface area contributed by atoms with Crippen LogP contribution in [0.3, 0.4) is 0 Å². The molecule has 0 unspecified atom stereocenters. The lowest BCUT2D eigenvalue weighted by atomic mass is 10.2. The average molecular weight is 283 g/mol. The predicted molar refractivity (Wildman–Crippen MR) is 70.5 cm³/mol. The number of nitrogens with two attached hydrogens (primary N) is 1. The SMILES string of the molecule is COC(=O)NS(=O)(=O)Nc1ccccc1C#CCN. The summed E-state index contributed by atoms with van der Waals surface area (Å²) in [5.74, 6) is 5.33. The van der Waals surface area contributed by atoms with E-state index in [9.17, 15) is 13.2 Å². The number of carbonyl (C=O) groups is 1. The minimum Gasteiger partial charge on any atom is -0.452 e. The number of methoxy groups -OCH3 is 1. The highest BCUT2D eigenvalue weighted by molar-refractivity contribution is 7.91. The van der Waals surface area contributed by atoms with Crippen molar-refractivity contribution in [3.8, 4) is 11.8 Å². The van der Waals surface area contributed by atoms with Crippen LogP contribution in [0.2, 0.25) is 0 Å². The number of carbonyl (C=O) groups excluding carboxylic acids is 1. The van der Waals surface area contributed by atoms with E-state index < -0.39 is 16.3 Å². The van der Waals surface area contributed by atoms with Crippen LogP contribution in [0, 0.1) is 11.8 Å². The van der Waals surface area contributed by atoms with E-state index in [4.69, 9.17) is 5.73 Å². The Bertz CT molecular complexity index is 616. The lowest BCUT2D eigenvalue weighted by Crippen LogP contribution is -2.35. The zero-order valence-corrected chi connectivity index (χ0v) is 11.0. The van der Waals surface area contributed by atoms with Gasteiger partial charge in [0.15, 0.2) is 0 Å². The van der Waals surface area contributed by atoms with E-state index in [1.807, 2.05) is 0 Å². The number of amides is 1. The number of benzene rings is 1. The molecule has 7 nitrogen and oxygen atoms in total. The maximum atomic E-state index is 11.6. The van der Waals surface area contributed by atoms with Crippen LogP contribution in [0.1, 0.15) is 5.56 Å². The summed E-state index contributed by atoms with van der Waals surface area (Å²) < 4.78 is 31.2. The summed E-state index contributed by atoms with van der Waals surface area (Å²) in [6.07, 6.45) is -1.09. The third-order valence-electron chi connectivity index (χ3n) is 1.90. The van der Waals surface area contributed by atoms with Crippen molar-refractivity contribution < 1.29 is 17.9 Å². The smallest absolute Gasteiger partial charge is 0.422 e. The molecule has 1 rings (SSSR count). The van der Waals surface area contributed by atoms with Crippen LogP contribution in [-0.4, -0.2) is 28.2 Å². The van der Waals surface area contributed by atoms with Crippen molar-refractivity contribution in [2.75, 3.05) is 18.4 Å². The maximum absolute atomic E-state index is 11.6. The van der Waals surface area contributed by atoms with E-state index in [-0.39, 0.29) is 12.2 Å². The molecular weight excluding hydrogens is 270 g/mol. The minimum absolute atomic E-state index is 0.154. The van der Waals surface area contributed by atoms with Crippen molar-refractivity contribution in [2.24, 2.45) is 5.73 Å². The molecule has 1 amide bonds. The first kappa shape index (κ1) is 14.8. The zero-order valence-electron chi connectivity index (χ0n) is 10.1. The molecule has 0 radical (unpaired) electrons. The average Bonchev–Trinajstić information content (AvgIpc) is 2.36. The van der Waals surface area contributed by atoms with Gasteiger partial charge in [-0.15, -0.1) is 0 Å². The Kier molecular flexibility index (Phi) is 5.17. The van der Waals surface area contributed by atoms with Gasteiger partial charge in [-0.2, -0.15) is 8.42 Å². The largest absolute Gasteiger partial charge is 0.452 e. The van der Waals surface area contributed by atoms with Crippen molar-refractivity contribution in [1.29, 1.82) is 0 Å². The van der Waals surface area contributed by atoms with Crippen LogP contribution < -0.4 is 15.2 Å². The highest BCUT2D eigenvalue weighted by Gasteiger charge is 2.15. The van der Waals surface area contributed by atoms with Gasteiger partial charge in [-0.1, -0.05) is 24.0 Å². The lowest BCUT2D eigenvalue weighted by Gasteiger charge is -2.09. The molecule has 8 heteroatoms. The molecule has 0 fully saturated rings. The topological polar surface area (TPSA) is 111 Å². The zero-order chi connectivity index (χ0) is 14.3. The molecule has 0 spiro atoms. The molecule has 4 N–H and O–H groups in total. The molecular formula is C11H13N3O4S. The van der Waals surface area contributed by atoms with Crippen molar-refractivity contribution in [2.45, 2.75) is 0 Å². The lowest BCUT2D eigenvalue weighted by molar-refractivity contribution is 0.177. The van der Waals surface area contributed by atoms with Crippen LogP contribution in [0.5, 0.6) is 0 Å². The second-order valence-corrected chi connectivity index (χ2v) is 4.67. The van der Waals surface area contributed by atoms with Gasteiger partial charge in [-0.25, -0.2) is 9.52 Å². The highest BCUT2D eigenvalue weighted by Crippen LogP contribution is 2.14. The number of anilines is 1. The molecule has 1 aromatic carbocycles. The van der Waals surface area contributed by atoms with Gasteiger partial charge in [-0.3, -0.25) is 4.72 Å². The fraction of sp³-hybridized carbons (Fsp3) is 0.182. The first-order chi connectivity index (χ1) is 8.98. The third kappa shape index (κ3) is 4.87. The van der Waals surface area contributed by atoms with Gasteiger partial charge in [0.25, 0.3) is 0 Å². The maximum Gasteiger partial charge on any atom is 0.422 e. The van der Waals surface area contributed by atoms with E-state index >= 15 is 0 Å². The van der Waals surface area contributed by atoms with E-state index in [1.165, 1.54) is 6.07 Å². The Hall–Kier alpha value is -2.24. The molecule has 0 aromatic heterocycles. The summed E-state index contributed by atoms with van der Waals surface area (Å²) in [4.78, 5) is 10.9. The quantitative estimate of drug-likeness (QED) is 0.677. The van der Waals surface area contributed by atoms with Crippen molar-refractivity contribution >= 4 is 22.0 Å². The van der Waals surface area contributed by atoms with Gasteiger partial charge in [0.05, 0.1) is 19.3 Å². The van der Waals surface area contributed by atoms with E-state index in [1.54, 1.807) is 22.9 Å². The fourth-order valence-corrected chi connectivity index (χ4v) is 1.97. The van der Waals surface area contributed by atoms with Gasteiger partial charge in [0.2, 0.25) is 0 Å². The van der Waals surface area contributed by atoms with Crippen molar-refractivity contribution in [3.05, 3.63) is 29.8 Å². The minimum atomic E-state index is -4.07. The fourth-order valence-electron chi connectivity index (χ4n) is 1.15. The second kappa shape index (κ2) is 6.63. The molecule has 0 saturated heterocycles. The Morgan fingerprint density at radius 2 is 2.11 bits per heavy atom. The van der Waals surface area contributed by atoms with Crippen LogP contribution >= 0.6 is 0 Å². The first-order valence-corrected chi connectivity index (χ1v) is 6.63. The number of ether oxygens (including phenoxy) is 1. The molecule has 1 aromatic rings. The van der Waals surface area contributed by atoms with Gasteiger partial charge in [0.1, 0.15) is 0 Å². The van der Waals surface area contributed by atoms with E-state index in [0.29, 0.717) is 5.56 Å². The first-order valence-electron chi connectivity index (χ1n) is 5.15. The Balaban J connectivity index is 2.96. The predicted octanol–water partition coefficient (Wildman–Crippen LogP) is 0.00950. The number of hydrogen-bond acceptors (Lipinski definition) is 5. The van der Waals surface area contributed by atoms with Crippen LogP contribution in [-0.2, 0) is 14.9 Å². The molecule has 0 aliphatic carbocycles. The second-order valence-electron chi connectivity index (χ2n) is 3.25. The molecule has 0 saturated carbocycles. The molecule has 102 valence electrons. The number of rotatable bonds is 3. The third-order valence-corrected chi connectivity index (χ3v) is 2.82.